The van der Waals surface area contributed by atoms with Gasteiger partial charge in [0.1, 0.15) is 0 Å². The summed E-state index contributed by atoms with van der Waals surface area (Å²) < 4.78 is 0. The van der Waals surface area contributed by atoms with Crippen molar-refractivity contribution in [1.29, 1.82) is 0 Å². The number of rotatable bonds is 6. The maximum atomic E-state index is 12.9. The van der Waals surface area contributed by atoms with Gasteiger partial charge in [0.15, 0.2) is 0 Å². The monoisotopic (exact) mass is 315 g/mol. The zero-order valence-corrected chi connectivity index (χ0v) is 13.5. The second-order valence-corrected chi connectivity index (χ2v) is 6.92. The summed E-state index contributed by atoms with van der Waals surface area (Å²) in [6, 6.07) is 7.21. The van der Waals surface area contributed by atoms with Crippen LogP contribution in [0.15, 0.2) is 24.3 Å². The zero-order chi connectivity index (χ0) is 16.2. The molecular formula is C19H25NO3. The molecule has 3 rings (SSSR count). The molecule has 124 valence electrons. The predicted octanol–water partition coefficient (Wildman–Crippen LogP) is 3.50. The third-order valence-electron chi connectivity index (χ3n) is 5.08. The van der Waals surface area contributed by atoms with Crippen molar-refractivity contribution in [2.75, 3.05) is 6.54 Å². The number of hydrogen-bond donors (Lipinski definition) is 1. The average Bonchev–Trinajstić information content (AvgIpc) is 3.38. The van der Waals surface area contributed by atoms with Gasteiger partial charge < -0.3 is 10.0 Å². The lowest BCUT2D eigenvalue weighted by Gasteiger charge is -2.35. The minimum Gasteiger partial charge on any atom is -0.478 e. The van der Waals surface area contributed by atoms with Crippen molar-refractivity contribution in [3.8, 4) is 0 Å². The van der Waals surface area contributed by atoms with Crippen LogP contribution < -0.4 is 0 Å². The number of carboxylic acids is 1. The van der Waals surface area contributed by atoms with E-state index in [4.69, 9.17) is 0 Å². The molecule has 0 aromatic heterocycles. The lowest BCUT2D eigenvalue weighted by atomic mass is 9.93. The van der Waals surface area contributed by atoms with E-state index in [-0.39, 0.29) is 17.9 Å². The van der Waals surface area contributed by atoms with Gasteiger partial charge in [-0.3, -0.25) is 4.79 Å². The number of carbonyl (C=O) groups is 2. The summed E-state index contributed by atoms with van der Waals surface area (Å²) in [5.74, 6) is -0.201. The minimum absolute atomic E-state index is 0.0949. The van der Waals surface area contributed by atoms with Crippen molar-refractivity contribution in [1.82, 2.24) is 4.90 Å². The first-order valence-corrected chi connectivity index (χ1v) is 8.76. The molecule has 0 bridgehead atoms. The van der Waals surface area contributed by atoms with Crippen LogP contribution in [-0.2, 0) is 11.2 Å². The van der Waals surface area contributed by atoms with Crippen LogP contribution in [-0.4, -0.2) is 34.5 Å². The minimum atomic E-state index is -0.959. The van der Waals surface area contributed by atoms with Crippen LogP contribution in [0.3, 0.4) is 0 Å². The first-order valence-electron chi connectivity index (χ1n) is 8.76. The van der Waals surface area contributed by atoms with E-state index >= 15 is 0 Å². The molecule has 0 spiro atoms. The molecule has 0 radical (unpaired) electrons. The van der Waals surface area contributed by atoms with Crippen molar-refractivity contribution in [3.05, 3.63) is 35.4 Å². The van der Waals surface area contributed by atoms with E-state index < -0.39 is 5.97 Å². The Kier molecular flexibility index (Phi) is 4.99. The Balaban J connectivity index is 1.73. The molecule has 4 heteroatoms. The maximum absolute atomic E-state index is 12.9. The molecule has 1 amide bonds. The van der Waals surface area contributed by atoms with E-state index in [9.17, 15) is 14.7 Å². The Morgan fingerprint density at radius 3 is 2.39 bits per heavy atom. The van der Waals surface area contributed by atoms with E-state index in [2.05, 4.69) is 4.90 Å². The molecule has 2 aliphatic carbocycles. The third kappa shape index (κ3) is 4.12. The molecule has 2 fully saturated rings. The van der Waals surface area contributed by atoms with Gasteiger partial charge in [-0.15, -0.1) is 0 Å². The molecule has 4 nitrogen and oxygen atoms in total. The highest BCUT2D eigenvalue weighted by Crippen LogP contribution is 2.33. The van der Waals surface area contributed by atoms with Crippen molar-refractivity contribution in [3.63, 3.8) is 0 Å². The van der Waals surface area contributed by atoms with Crippen LogP contribution >= 0.6 is 0 Å². The molecule has 2 saturated carbocycles. The Morgan fingerprint density at radius 1 is 1.04 bits per heavy atom. The largest absolute Gasteiger partial charge is 0.478 e. The van der Waals surface area contributed by atoms with E-state index in [1.807, 2.05) is 0 Å². The highest BCUT2D eigenvalue weighted by atomic mass is 16.4. The number of amides is 1. The second kappa shape index (κ2) is 7.16. The Hall–Kier alpha value is -1.84. The molecule has 23 heavy (non-hydrogen) atoms. The molecular weight excluding hydrogens is 290 g/mol. The number of carboxylic acid groups (broad SMARTS) is 1. The molecule has 0 heterocycles. The fourth-order valence-corrected chi connectivity index (χ4v) is 3.57. The van der Waals surface area contributed by atoms with Crippen molar-refractivity contribution in [2.45, 2.75) is 57.4 Å². The topological polar surface area (TPSA) is 57.6 Å². The van der Waals surface area contributed by atoms with Crippen LogP contribution in [0.25, 0.3) is 0 Å². The van der Waals surface area contributed by atoms with Crippen LogP contribution in [0, 0.1) is 5.92 Å². The van der Waals surface area contributed by atoms with Gasteiger partial charge >= 0.3 is 5.97 Å². The normalized spacial score (nSPS) is 18.6. The number of aromatic carboxylic acids is 1. The smallest absolute Gasteiger partial charge is 0.335 e. The van der Waals surface area contributed by atoms with Crippen molar-refractivity contribution >= 4 is 11.9 Å². The lowest BCUT2D eigenvalue weighted by Crippen LogP contribution is -2.43. The van der Waals surface area contributed by atoms with Crippen molar-refractivity contribution in [2.24, 2.45) is 5.92 Å². The first-order chi connectivity index (χ1) is 11.1. The summed E-state index contributed by atoms with van der Waals surface area (Å²) in [6.07, 6.45) is 8.51. The fraction of sp³-hybridized carbons (Fsp3) is 0.579. The van der Waals surface area contributed by atoms with Crippen LogP contribution in [0.4, 0.5) is 0 Å². The van der Waals surface area contributed by atoms with Crippen LogP contribution in [0.5, 0.6) is 0 Å². The molecule has 0 aliphatic heterocycles. The standard InChI is InChI=1S/C19H25NO3/c21-18(12-15-6-4-5-9-17(15)19(22)23)20(13-14-10-11-14)16-7-2-1-3-8-16/h4-6,9,14,16H,1-3,7-8,10-13H2,(H,22,23). The summed E-state index contributed by atoms with van der Waals surface area (Å²) in [5.41, 5.74) is 0.873. The molecule has 0 saturated heterocycles. The number of benzene rings is 1. The van der Waals surface area contributed by atoms with Gasteiger partial charge in [-0.25, -0.2) is 4.79 Å². The van der Waals surface area contributed by atoms with E-state index in [0.29, 0.717) is 17.5 Å². The predicted molar refractivity (Wildman–Crippen MR) is 88.4 cm³/mol. The molecule has 1 aromatic rings. The van der Waals surface area contributed by atoms with Gasteiger partial charge in [0.25, 0.3) is 0 Å². The zero-order valence-electron chi connectivity index (χ0n) is 13.5. The van der Waals surface area contributed by atoms with Crippen LogP contribution in [0.1, 0.15) is 60.9 Å². The quantitative estimate of drug-likeness (QED) is 0.874. The lowest BCUT2D eigenvalue weighted by molar-refractivity contribution is -0.133. The van der Waals surface area contributed by atoms with Gasteiger partial charge in [0.2, 0.25) is 5.91 Å². The number of hydrogen-bond acceptors (Lipinski definition) is 2. The Morgan fingerprint density at radius 2 is 1.74 bits per heavy atom. The van der Waals surface area contributed by atoms with Gasteiger partial charge in [0, 0.05) is 12.6 Å². The Bertz CT molecular complexity index is 574. The molecule has 1 N–H and O–H groups in total. The molecule has 0 atom stereocenters. The van der Waals surface area contributed by atoms with Gasteiger partial charge in [0.05, 0.1) is 12.0 Å². The highest BCUT2D eigenvalue weighted by molar-refractivity contribution is 5.91. The molecule has 1 aromatic carbocycles. The summed E-state index contributed by atoms with van der Waals surface area (Å²) >= 11 is 0. The van der Waals surface area contributed by atoms with Crippen LogP contribution in [0.2, 0.25) is 0 Å². The van der Waals surface area contributed by atoms with Gasteiger partial charge in [-0.1, -0.05) is 37.5 Å². The van der Waals surface area contributed by atoms with E-state index in [1.54, 1.807) is 24.3 Å². The SMILES string of the molecule is O=C(O)c1ccccc1CC(=O)N(CC1CC1)C1CCCCC1. The average molecular weight is 315 g/mol. The maximum Gasteiger partial charge on any atom is 0.335 e. The van der Waals surface area contributed by atoms with E-state index in [0.717, 1.165) is 19.4 Å². The summed E-state index contributed by atoms with van der Waals surface area (Å²) in [6.45, 7) is 0.860. The van der Waals surface area contributed by atoms with E-state index in [1.165, 1.54) is 32.1 Å². The van der Waals surface area contributed by atoms with Gasteiger partial charge in [-0.05, 0) is 43.2 Å². The third-order valence-corrected chi connectivity index (χ3v) is 5.08. The fourth-order valence-electron chi connectivity index (χ4n) is 3.57. The van der Waals surface area contributed by atoms with Crippen molar-refractivity contribution < 1.29 is 14.7 Å². The van der Waals surface area contributed by atoms with Gasteiger partial charge in [-0.2, -0.15) is 0 Å². The molecule has 2 aliphatic rings. The highest BCUT2D eigenvalue weighted by Gasteiger charge is 2.32. The summed E-state index contributed by atoms with van der Waals surface area (Å²) in [5, 5.41) is 9.30. The first kappa shape index (κ1) is 16.0. The second-order valence-electron chi connectivity index (χ2n) is 6.92. The number of carbonyl (C=O) groups excluding carboxylic acids is 1. The summed E-state index contributed by atoms with van der Waals surface area (Å²) in [7, 11) is 0. The molecule has 0 unspecified atom stereocenters. The number of nitrogens with zero attached hydrogens (tertiary/aromatic N) is 1. The Labute approximate surface area is 137 Å². The summed E-state index contributed by atoms with van der Waals surface area (Å²) in [4.78, 5) is 26.3.